The molecule has 0 aromatic rings. The van der Waals surface area contributed by atoms with Crippen molar-refractivity contribution < 1.29 is 40.9 Å². The van der Waals surface area contributed by atoms with Gasteiger partial charge in [-0.15, -0.1) is 0 Å². The van der Waals surface area contributed by atoms with E-state index in [1.807, 2.05) is 0 Å². The third-order valence-corrected chi connectivity index (χ3v) is 3.84. The first-order valence-corrected chi connectivity index (χ1v) is 11.2. The van der Waals surface area contributed by atoms with Crippen molar-refractivity contribution >= 4 is 11.9 Å². The number of ether oxygens (including phenoxy) is 2. The average Bonchev–Trinajstić information content (AvgIpc) is 2.66. The maximum atomic E-state index is 11.4. The fraction of sp³-hybridized carbons (Fsp3) is 0.800. The van der Waals surface area contributed by atoms with Gasteiger partial charge in [-0.05, 0) is 12.8 Å². The summed E-state index contributed by atoms with van der Waals surface area (Å²) in [5.74, 6) is -0.944. The molecule has 0 amide bonds. The molecule has 0 fully saturated rings. The summed E-state index contributed by atoms with van der Waals surface area (Å²) in [6.45, 7) is 5.21. The Bertz CT molecular complexity index is 326. The van der Waals surface area contributed by atoms with Gasteiger partial charge >= 0.3 is 33.8 Å². The number of carbonyl (C=O) groups excluding carboxylic acids is 2. The Balaban J connectivity index is 0. The molecule has 148 valence electrons. The topological polar surface area (TPSA) is 69.7 Å². The van der Waals surface area contributed by atoms with E-state index in [2.05, 4.69) is 13.8 Å². The van der Waals surface area contributed by atoms with E-state index in [1.54, 1.807) is 0 Å². The number of carbonyl (C=O) groups is 2. The summed E-state index contributed by atoms with van der Waals surface area (Å²) in [5.41, 5.74) is 0. The molecular formula is C20H36O5Zn. The van der Waals surface area contributed by atoms with Crippen LogP contribution in [-0.2, 0) is 40.9 Å². The molecule has 26 heavy (non-hydrogen) atoms. The summed E-state index contributed by atoms with van der Waals surface area (Å²) in [6.07, 6.45) is 16.1. The van der Waals surface area contributed by atoms with E-state index >= 15 is 0 Å². The van der Waals surface area contributed by atoms with Crippen LogP contribution in [0.1, 0.15) is 90.9 Å². The van der Waals surface area contributed by atoms with Crippen molar-refractivity contribution in [2.45, 2.75) is 90.9 Å². The standard InChI is InChI=1S/C20H36O4.O.Zn/c1-3-5-7-9-11-13-17-23-19(21)15-16-20(22)24-18-14-12-10-8-6-4-2;;/h15-16H,3-14,17-18H2,1-2H3;;/b16-15-;;. The average molecular weight is 422 g/mol. The summed E-state index contributed by atoms with van der Waals surface area (Å²) >= 11 is 0.125. The van der Waals surface area contributed by atoms with Crippen LogP contribution in [0.4, 0.5) is 0 Å². The second-order valence-electron chi connectivity index (χ2n) is 6.20. The van der Waals surface area contributed by atoms with Gasteiger partial charge < -0.3 is 9.47 Å². The molecule has 0 aliphatic carbocycles. The molecule has 0 aromatic carbocycles. The van der Waals surface area contributed by atoms with Crippen molar-refractivity contribution in [2.75, 3.05) is 13.2 Å². The summed E-state index contributed by atoms with van der Waals surface area (Å²) < 4.78 is 18.5. The molecule has 0 aliphatic rings. The van der Waals surface area contributed by atoms with Gasteiger partial charge in [0.1, 0.15) is 0 Å². The molecule has 0 aliphatic heterocycles. The third kappa shape index (κ3) is 23.1. The molecule has 0 radical (unpaired) electrons. The molecule has 0 spiro atoms. The van der Waals surface area contributed by atoms with Gasteiger partial charge in [-0.2, -0.15) is 0 Å². The Hall–Kier alpha value is -0.897. The number of esters is 2. The normalized spacial score (nSPS) is 10.3. The summed E-state index contributed by atoms with van der Waals surface area (Å²) in [5, 5.41) is 0. The van der Waals surface area contributed by atoms with Crippen LogP contribution in [0, 0.1) is 0 Å². The summed E-state index contributed by atoms with van der Waals surface area (Å²) in [6, 6.07) is 0. The van der Waals surface area contributed by atoms with E-state index < -0.39 is 11.9 Å². The van der Waals surface area contributed by atoms with E-state index in [1.165, 1.54) is 51.4 Å². The van der Waals surface area contributed by atoms with E-state index in [0.717, 1.165) is 37.8 Å². The molecule has 0 rings (SSSR count). The zero-order valence-electron chi connectivity index (χ0n) is 16.8. The van der Waals surface area contributed by atoms with Crippen molar-refractivity contribution in [3.63, 3.8) is 0 Å². The predicted molar refractivity (Wildman–Crippen MR) is 98.5 cm³/mol. The number of hydrogen-bond acceptors (Lipinski definition) is 5. The zero-order chi connectivity index (χ0) is 19.9. The maximum absolute atomic E-state index is 11.4. The van der Waals surface area contributed by atoms with Gasteiger partial charge in [-0.3, -0.25) is 0 Å². The van der Waals surface area contributed by atoms with E-state index in [9.17, 15) is 9.59 Å². The molecule has 0 saturated carbocycles. The van der Waals surface area contributed by atoms with Crippen LogP contribution in [0.5, 0.6) is 0 Å². The van der Waals surface area contributed by atoms with Gasteiger partial charge in [0.05, 0.1) is 13.2 Å². The second-order valence-corrected chi connectivity index (χ2v) is 6.20. The van der Waals surface area contributed by atoms with E-state index in [-0.39, 0.29) is 18.3 Å². The van der Waals surface area contributed by atoms with Gasteiger partial charge in [0.25, 0.3) is 0 Å². The van der Waals surface area contributed by atoms with Crippen molar-refractivity contribution in [1.82, 2.24) is 0 Å². The van der Waals surface area contributed by atoms with Crippen molar-refractivity contribution in [1.29, 1.82) is 0 Å². The van der Waals surface area contributed by atoms with Crippen LogP contribution in [-0.4, -0.2) is 25.2 Å². The van der Waals surface area contributed by atoms with E-state index in [0.29, 0.717) is 13.2 Å². The molecular weight excluding hydrogens is 386 g/mol. The van der Waals surface area contributed by atoms with E-state index in [4.69, 9.17) is 13.0 Å². The van der Waals surface area contributed by atoms with Gasteiger partial charge in [0.15, 0.2) is 0 Å². The minimum atomic E-state index is -0.472. The van der Waals surface area contributed by atoms with Gasteiger partial charge in [-0.1, -0.05) is 78.1 Å². The Kier molecular flexibility index (Phi) is 25.3. The van der Waals surface area contributed by atoms with Crippen LogP contribution >= 0.6 is 0 Å². The first-order valence-electron chi connectivity index (χ1n) is 10.0. The second kappa shape index (κ2) is 24.1. The van der Waals surface area contributed by atoms with Crippen LogP contribution in [0.3, 0.4) is 0 Å². The van der Waals surface area contributed by atoms with Crippen molar-refractivity contribution in [3.05, 3.63) is 12.2 Å². The molecule has 0 aromatic heterocycles. The monoisotopic (exact) mass is 420 g/mol. The number of rotatable bonds is 16. The van der Waals surface area contributed by atoms with Gasteiger partial charge in [0.2, 0.25) is 0 Å². The SMILES string of the molecule is CCCCCCCCOC(=O)/C=C\C(=O)OCCCCCCCC.[O]=[Zn]. The van der Waals surface area contributed by atoms with Gasteiger partial charge in [-0.25, -0.2) is 9.59 Å². The molecule has 0 bridgehead atoms. The molecule has 0 N–H and O–H groups in total. The fourth-order valence-corrected chi connectivity index (χ4v) is 2.34. The molecule has 0 atom stereocenters. The fourth-order valence-electron chi connectivity index (χ4n) is 2.34. The molecule has 6 heteroatoms. The summed E-state index contributed by atoms with van der Waals surface area (Å²) in [4.78, 5) is 22.9. The molecule has 0 heterocycles. The van der Waals surface area contributed by atoms with Crippen LogP contribution in [0.2, 0.25) is 0 Å². The summed E-state index contributed by atoms with van der Waals surface area (Å²) in [7, 11) is 0. The Morgan fingerprint density at radius 2 is 0.923 bits per heavy atom. The first-order chi connectivity index (χ1) is 12.7. The third-order valence-electron chi connectivity index (χ3n) is 3.84. The minimum absolute atomic E-state index is 0.125. The molecule has 0 unspecified atom stereocenters. The zero-order valence-corrected chi connectivity index (χ0v) is 19.8. The Morgan fingerprint density at radius 1 is 0.615 bits per heavy atom. The van der Waals surface area contributed by atoms with Crippen LogP contribution in [0.25, 0.3) is 0 Å². The number of unbranched alkanes of at least 4 members (excludes halogenated alkanes) is 10. The molecule has 5 nitrogen and oxygen atoms in total. The van der Waals surface area contributed by atoms with Crippen molar-refractivity contribution in [3.8, 4) is 0 Å². The van der Waals surface area contributed by atoms with Crippen LogP contribution < -0.4 is 0 Å². The van der Waals surface area contributed by atoms with Gasteiger partial charge in [0, 0.05) is 12.2 Å². The quantitative estimate of drug-likeness (QED) is 0.148. The Labute approximate surface area is 169 Å². The molecule has 0 saturated heterocycles. The van der Waals surface area contributed by atoms with Crippen LogP contribution in [0.15, 0.2) is 12.2 Å². The first kappa shape index (κ1) is 27.3. The number of hydrogen-bond donors (Lipinski definition) is 0. The van der Waals surface area contributed by atoms with Crippen molar-refractivity contribution in [2.24, 2.45) is 0 Å². The Morgan fingerprint density at radius 3 is 1.27 bits per heavy atom. The predicted octanol–water partition coefficient (Wildman–Crippen LogP) is 5.23.